The molecule has 0 spiro atoms. The number of carbonyl (C=O) groups excluding carboxylic acids is 1. The Morgan fingerprint density at radius 1 is 1.41 bits per heavy atom. The van der Waals surface area contributed by atoms with Crippen LogP contribution in [0.1, 0.15) is 15.9 Å². The van der Waals surface area contributed by atoms with E-state index in [1.165, 1.54) is 0 Å². The van der Waals surface area contributed by atoms with E-state index in [0.29, 0.717) is 12.2 Å². The van der Waals surface area contributed by atoms with Crippen LogP contribution in [0, 0.1) is 0 Å². The molecule has 4 nitrogen and oxygen atoms in total. The number of fused-ring (bicyclic) bond motifs is 3. The first kappa shape index (κ1) is 9.96. The van der Waals surface area contributed by atoms with Gasteiger partial charge in [-0.15, -0.1) is 0 Å². The Balaban J connectivity index is 2.16. The van der Waals surface area contributed by atoms with Crippen LogP contribution in [-0.2, 0) is 6.61 Å². The zero-order valence-electron chi connectivity index (χ0n) is 9.41. The van der Waals surface area contributed by atoms with Gasteiger partial charge < -0.3 is 15.0 Å². The zero-order valence-corrected chi connectivity index (χ0v) is 9.41. The maximum Gasteiger partial charge on any atom is 0.252 e. The first-order valence-electron chi connectivity index (χ1n) is 5.46. The van der Waals surface area contributed by atoms with Gasteiger partial charge in [0.15, 0.2) is 0 Å². The number of amides is 1. The molecule has 1 aliphatic heterocycles. The highest BCUT2D eigenvalue weighted by Gasteiger charge is 2.23. The molecule has 0 saturated carbocycles. The molecule has 2 aromatic rings. The number of rotatable bonds is 1. The summed E-state index contributed by atoms with van der Waals surface area (Å²) in [4.78, 5) is 14.8. The van der Waals surface area contributed by atoms with Crippen LogP contribution in [0.4, 0.5) is 0 Å². The molecule has 0 radical (unpaired) electrons. The van der Waals surface area contributed by atoms with E-state index in [1.54, 1.807) is 13.2 Å². The van der Waals surface area contributed by atoms with E-state index in [1.807, 2.05) is 24.3 Å². The fourth-order valence-corrected chi connectivity index (χ4v) is 2.13. The average molecular weight is 228 g/mol. The summed E-state index contributed by atoms with van der Waals surface area (Å²) in [7, 11) is 1.62. The molecule has 0 aliphatic carbocycles. The van der Waals surface area contributed by atoms with E-state index in [4.69, 9.17) is 4.74 Å². The number of nitrogens with one attached hydrogen (secondary N) is 2. The van der Waals surface area contributed by atoms with Crippen molar-refractivity contribution in [2.24, 2.45) is 0 Å². The molecule has 0 bridgehead atoms. The highest BCUT2D eigenvalue weighted by Crippen LogP contribution is 2.37. The van der Waals surface area contributed by atoms with Gasteiger partial charge in [0.2, 0.25) is 0 Å². The lowest BCUT2D eigenvalue weighted by molar-refractivity contribution is 0.0961. The third-order valence-corrected chi connectivity index (χ3v) is 2.99. The van der Waals surface area contributed by atoms with Crippen LogP contribution in [0.2, 0.25) is 0 Å². The van der Waals surface area contributed by atoms with Crippen molar-refractivity contribution in [3.05, 3.63) is 41.6 Å². The molecule has 4 heteroatoms. The van der Waals surface area contributed by atoms with Gasteiger partial charge >= 0.3 is 0 Å². The fraction of sp³-hybridized carbons (Fsp3) is 0.154. The van der Waals surface area contributed by atoms with Gasteiger partial charge in [0.1, 0.15) is 12.4 Å². The normalized spacial score (nSPS) is 12.3. The smallest absolute Gasteiger partial charge is 0.252 e. The molecule has 0 atom stereocenters. The Hall–Kier alpha value is -2.23. The molecule has 0 fully saturated rings. The number of hydrogen-bond donors (Lipinski definition) is 2. The average Bonchev–Trinajstić information content (AvgIpc) is 2.82. The lowest BCUT2D eigenvalue weighted by atomic mass is 10.0. The van der Waals surface area contributed by atoms with Crippen molar-refractivity contribution in [3.63, 3.8) is 0 Å². The minimum absolute atomic E-state index is 0.0921. The highest BCUT2D eigenvalue weighted by atomic mass is 16.5. The highest BCUT2D eigenvalue weighted by molar-refractivity contribution is 5.97. The number of para-hydroxylation sites is 1. The van der Waals surface area contributed by atoms with E-state index in [0.717, 1.165) is 22.6 Å². The lowest BCUT2D eigenvalue weighted by Gasteiger charge is -2.18. The van der Waals surface area contributed by atoms with E-state index >= 15 is 0 Å². The Kier molecular flexibility index (Phi) is 2.14. The van der Waals surface area contributed by atoms with Crippen molar-refractivity contribution in [2.75, 3.05) is 7.05 Å². The summed E-state index contributed by atoms with van der Waals surface area (Å²) < 4.78 is 5.64. The standard InChI is InChI=1S/C13H12N2O2/c1-14-13(16)9-6-15-12-8-4-2-3-5-11(8)17-7-10(9)12/h2-6,15H,7H2,1H3,(H,14,16). The lowest BCUT2D eigenvalue weighted by Crippen LogP contribution is -2.19. The maximum absolute atomic E-state index is 11.7. The minimum Gasteiger partial charge on any atom is -0.488 e. The van der Waals surface area contributed by atoms with Crippen LogP contribution in [0.15, 0.2) is 30.5 Å². The third kappa shape index (κ3) is 1.41. The van der Waals surface area contributed by atoms with Crippen LogP contribution in [0.3, 0.4) is 0 Å². The second kappa shape index (κ2) is 3.66. The maximum atomic E-state index is 11.7. The summed E-state index contributed by atoms with van der Waals surface area (Å²) in [6.45, 7) is 0.429. The number of H-pyrrole nitrogens is 1. The van der Waals surface area contributed by atoms with Crippen molar-refractivity contribution in [1.82, 2.24) is 10.3 Å². The van der Waals surface area contributed by atoms with E-state index in [9.17, 15) is 4.79 Å². The van der Waals surface area contributed by atoms with Crippen molar-refractivity contribution < 1.29 is 9.53 Å². The van der Waals surface area contributed by atoms with Crippen LogP contribution >= 0.6 is 0 Å². The molecule has 0 saturated heterocycles. The summed E-state index contributed by atoms with van der Waals surface area (Å²) >= 11 is 0. The fourth-order valence-electron chi connectivity index (χ4n) is 2.13. The van der Waals surface area contributed by atoms with Crippen molar-refractivity contribution >= 4 is 5.91 Å². The quantitative estimate of drug-likeness (QED) is 0.783. The van der Waals surface area contributed by atoms with Crippen LogP contribution in [-0.4, -0.2) is 17.9 Å². The molecule has 2 heterocycles. The van der Waals surface area contributed by atoms with Gasteiger partial charge in [-0.05, 0) is 12.1 Å². The number of carbonyl (C=O) groups is 1. The SMILES string of the molecule is CNC(=O)c1c[nH]c2c1COc1ccccc1-2. The van der Waals surface area contributed by atoms with E-state index in [-0.39, 0.29) is 5.91 Å². The second-order valence-corrected chi connectivity index (χ2v) is 3.92. The molecule has 0 unspecified atom stereocenters. The number of hydrogen-bond acceptors (Lipinski definition) is 2. The number of ether oxygens (including phenoxy) is 1. The predicted molar refractivity (Wildman–Crippen MR) is 64.0 cm³/mol. The molecule has 1 amide bonds. The van der Waals surface area contributed by atoms with Crippen LogP contribution in [0.25, 0.3) is 11.3 Å². The minimum atomic E-state index is -0.0921. The second-order valence-electron chi connectivity index (χ2n) is 3.92. The number of aromatic nitrogens is 1. The number of aromatic amines is 1. The van der Waals surface area contributed by atoms with Gasteiger partial charge in [-0.1, -0.05) is 12.1 Å². The van der Waals surface area contributed by atoms with Crippen molar-refractivity contribution in [2.45, 2.75) is 6.61 Å². The Labute approximate surface area is 98.6 Å². The summed E-state index contributed by atoms with van der Waals surface area (Å²) in [5.41, 5.74) is 3.55. The van der Waals surface area contributed by atoms with Crippen LogP contribution in [0.5, 0.6) is 5.75 Å². The van der Waals surface area contributed by atoms with E-state index < -0.39 is 0 Å². The zero-order chi connectivity index (χ0) is 11.8. The van der Waals surface area contributed by atoms with Gasteiger partial charge in [-0.25, -0.2) is 0 Å². The first-order valence-corrected chi connectivity index (χ1v) is 5.46. The van der Waals surface area contributed by atoms with Crippen LogP contribution < -0.4 is 10.1 Å². The van der Waals surface area contributed by atoms with Crippen molar-refractivity contribution in [1.29, 1.82) is 0 Å². The Morgan fingerprint density at radius 3 is 3.06 bits per heavy atom. The molecule has 17 heavy (non-hydrogen) atoms. The van der Waals surface area contributed by atoms with Crippen molar-refractivity contribution in [3.8, 4) is 17.0 Å². The molecule has 1 aliphatic rings. The van der Waals surface area contributed by atoms with Gasteiger partial charge in [-0.3, -0.25) is 4.79 Å². The topological polar surface area (TPSA) is 54.1 Å². The van der Waals surface area contributed by atoms with Gasteiger partial charge in [0.25, 0.3) is 5.91 Å². The molecule has 86 valence electrons. The molecule has 1 aromatic heterocycles. The monoisotopic (exact) mass is 228 g/mol. The summed E-state index contributed by atoms with van der Waals surface area (Å²) in [6, 6.07) is 7.81. The first-order chi connectivity index (χ1) is 8.31. The number of benzene rings is 1. The van der Waals surface area contributed by atoms with Gasteiger partial charge in [0.05, 0.1) is 11.3 Å². The Bertz CT molecular complexity index is 587. The predicted octanol–water partition coefficient (Wildman–Crippen LogP) is 1.93. The largest absolute Gasteiger partial charge is 0.488 e. The molecule has 2 N–H and O–H groups in total. The van der Waals surface area contributed by atoms with Gasteiger partial charge in [-0.2, -0.15) is 0 Å². The third-order valence-electron chi connectivity index (χ3n) is 2.99. The molecule has 1 aromatic carbocycles. The van der Waals surface area contributed by atoms with E-state index in [2.05, 4.69) is 10.3 Å². The summed E-state index contributed by atoms with van der Waals surface area (Å²) in [6.07, 6.45) is 1.73. The molecule has 3 rings (SSSR count). The van der Waals surface area contributed by atoms with Gasteiger partial charge in [0, 0.05) is 24.4 Å². The summed E-state index contributed by atoms with van der Waals surface area (Å²) in [5, 5.41) is 2.63. The molecular formula is C13H12N2O2. The Morgan fingerprint density at radius 2 is 2.24 bits per heavy atom. The molecular weight excluding hydrogens is 216 g/mol. The summed E-state index contributed by atoms with van der Waals surface area (Å²) in [5.74, 6) is 0.760.